The Hall–Kier alpha value is -0.850. The topological polar surface area (TPSA) is 90.0 Å². The lowest BCUT2D eigenvalue weighted by atomic mass is 10.2. The van der Waals surface area contributed by atoms with Gasteiger partial charge < -0.3 is 15.9 Å². The zero-order valence-electron chi connectivity index (χ0n) is 7.55. The van der Waals surface area contributed by atoms with Crippen LogP contribution in [0.4, 0.5) is 4.79 Å². The van der Waals surface area contributed by atoms with Crippen molar-refractivity contribution in [2.24, 2.45) is 5.73 Å². The summed E-state index contributed by atoms with van der Waals surface area (Å²) in [7, 11) is 0. The van der Waals surface area contributed by atoms with Gasteiger partial charge in [0.05, 0.1) is 0 Å². The molecule has 0 aromatic carbocycles. The highest BCUT2D eigenvalue weighted by Crippen LogP contribution is 2.12. The second-order valence-electron chi connectivity index (χ2n) is 2.99. The Labute approximate surface area is 76.5 Å². The minimum Gasteiger partial charge on any atom is -0.374 e. The molecule has 0 aromatic rings. The smallest absolute Gasteiger partial charge is 0.317 e. The van der Waals surface area contributed by atoms with E-state index in [1.165, 1.54) is 0 Å². The molecule has 6 heteroatoms. The molecule has 6 nitrogen and oxygen atoms in total. The van der Waals surface area contributed by atoms with Gasteiger partial charge in [0.25, 0.3) is 0 Å². The van der Waals surface area contributed by atoms with Gasteiger partial charge in [-0.25, -0.2) is 4.79 Å². The summed E-state index contributed by atoms with van der Waals surface area (Å²) in [6, 6.07) is -0.706. The molecule has 1 heterocycles. The van der Waals surface area contributed by atoms with Crippen LogP contribution in [0.3, 0.4) is 0 Å². The Kier molecular flexibility index (Phi) is 3.07. The molecule has 1 rings (SSSR count). The molecule has 13 heavy (non-hydrogen) atoms. The summed E-state index contributed by atoms with van der Waals surface area (Å²) in [6.07, 6.45) is -2.25. The van der Waals surface area contributed by atoms with Crippen molar-refractivity contribution in [3.63, 3.8) is 0 Å². The standard InChI is InChI=1S/C7H15N3O3/c1-2-9-3-4-10(7(8)13)6(12)5(9)11/h5-6,11-12H,2-4H2,1H3,(H2,8,13). The molecule has 2 unspecified atom stereocenters. The number of hydrogen-bond acceptors (Lipinski definition) is 4. The fourth-order valence-corrected chi connectivity index (χ4v) is 1.44. The average Bonchev–Trinajstić information content (AvgIpc) is 2.09. The molecule has 1 aliphatic heterocycles. The zero-order chi connectivity index (χ0) is 10.0. The number of piperazine rings is 1. The summed E-state index contributed by atoms with van der Waals surface area (Å²) >= 11 is 0. The molecule has 0 aliphatic carbocycles. The molecule has 0 radical (unpaired) electrons. The molecule has 76 valence electrons. The Morgan fingerprint density at radius 1 is 1.46 bits per heavy atom. The summed E-state index contributed by atoms with van der Waals surface area (Å²) in [5, 5.41) is 18.9. The van der Waals surface area contributed by atoms with Crippen molar-refractivity contribution in [3.8, 4) is 0 Å². The average molecular weight is 189 g/mol. The number of aliphatic hydroxyl groups excluding tert-OH is 2. The first-order chi connectivity index (χ1) is 6.07. The monoisotopic (exact) mass is 189 g/mol. The summed E-state index contributed by atoms with van der Waals surface area (Å²) in [6.45, 7) is 3.37. The van der Waals surface area contributed by atoms with Crippen LogP contribution in [0.5, 0.6) is 0 Å². The lowest BCUT2D eigenvalue weighted by molar-refractivity contribution is -0.159. The van der Waals surface area contributed by atoms with Gasteiger partial charge in [-0.3, -0.25) is 9.80 Å². The molecule has 0 spiro atoms. The van der Waals surface area contributed by atoms with Crippen LogP contribution in [0.15, 0.2) is 0 Å². The SMILES string of the molecule is CCN1CCN(C(N)=O)C(O)C1O. The summed E-state index contributed by atoms with van der Waals surface area (Å²) in [5.41, 5.74) is 5.00. The second-order valence-corrected chi connectivity index (χ2v) is 2.99. The third kappa shape index (κ3) is 1.90. The first-order valence-corrected chi connectivity index (χ1v) is 4.24. The summed E-state index contributed by atoms with van der Waals surface area (Å²) in [4.78, 5) is 13.5. The lowest BCUT2D eigenvalue weighted by Crippen LogP contribution is -2.62. The van der Waals surface area contributed by atoms with Crippen molar-refractivity contribution in [3.05, 3.63) is 0 Å². The highest BCUT2D eigenvalue weighted by atomic mass is 16.4. The van der Waals surface area contributed by atoms with Crippen LogP contribution >= 0.6 is 0 Å². The van der Waals surface area contributed by atoms with Crippen LogP contribution in [0.25, 0.3) is 0 Å². The summed E-state index contributed by atoms with van der Waals surface area (Å²) in [5.74, 6) is 0. The van der Waals surface area contributed by atoms with E-state index in [1.54, 1.807) is 4.90 Å². The van der Waals surface area contributed by atoms with E-state index in [2.05, 4.69) is 0 Å². The number of rotatable bonds is 1. The Bertz CT molecular complexity index is 199. The number of urea groups is 1. The van der Waals surface area contributed by atoms with E-state index in [-0.39, 0.29) is 0 Å². The van der Waals surface area contributed by atoms with Crippen LogP contribution in [-0.4, -0.2) is 58.1 Å². The number of amides is 2. The number of hydrogen-bond donors (Lipinski definition) is 3. The third-order valence-electron chi connectivity index (χ3n) is 2.28. The minimum atomic E-state index is -1.22. The van der Waals surface area contributed by atoms with Gasteiger partial charge in [-0.05, 0) is 6.54 Å². The number of primary amides is 1. The molecule has 0 bridgehead atoms. The lowest BCUT2D eigenvalue weighted by Gasteiger charge is -2.41. The number of aliphatic hydroxyl groups is 2. The minimum absolute atomic E-state index is 0.349. The van der Waals surface area contributed by atoms with Gasteiger partial charge in [0.1, 0.15) is 0 Å². The maximum atomic E-state index is 10.8. The molecule has 4 N–H and O–H groups in total. The van der Waals surface area contributed by atoms with Gasteiger partial charge in [-0.1, -0.05) is 6.92 Å². The fraction of sp³-hybridized carbons (Fsp3) is 0.857. The third-order valence-corrected chi connectivity index (χ3v) is 2.28. The Morgan fingerprint density at radius 2 is 2.08 bits per heavy atom. The normalized spacial score (nSPS) is 30.5. The van der Waals surface area contributed by atoms with Crippen molar-refractivity contribution in [1.82, 2.24) is 9.80 Å². The van der Waals surface area contributed by atoms with E-state index in [0.29, 0.717) is 19.6 Å². The van der Waals surface area contributed by atoms with Gasteiger partial charge >= 0.3 is 6.03 Å². The number of nitrogens with two attached hydrogens (primary N) is 1. The van der Waals surface area contributed by atoms with Crippen molar-refractivity contribution in [2.75, 3.05) is 19.6 Å². The second kappa shape index (κ2) is 3.91. The van der Waals surface area contributed by atoms with E-state index in [1.807, 2.05) is 6.92 Å². The van der Waals surface area contributed by atoms with Crippen LogP contribution in [0, 0.1) is 0 Å². The van der Waals surface area contributed by atoms with Crippen LogP contribution in [0.2, 0.25) is 0 Å². The highest BCUT2D eigenvalue weighted by molar-refractivity contribution is 5.72. The predicted molar refractivity (Wildman–Crippen MR) is 45.6 cm³/mol. The van der Waals surface area contributed by atoms with E-state index in [0.717, 1.165) is 4.90 Å². The maximum absolute atomic E-state index is 10.8. The highest BCUT2D eigenvalue weighted by Gasteiger charge is 2.34. The van der Waals surface area contributed by atoms with Crippen molar-refractivity contribution >= 4 is 6.03 Å². The first-order valence-electron chi connectivity index (χ1n) is 4.24. The molecule has 0 saturated carbocycles. The summed E-state index contributed by atoms with van der Waals surface area (Å²) < 4.78 is 0. The number of likely N-dealkylation sites (N-methyl/N-ethyl adjacent to an activating group) is 1. The van der Waals surface area contributed by atoms with Crippen LogP contribution in [-0.2, 0) is 0 Å². The number of carbonyl (C=O) groups is 1. The Balaban J connectivity index is 2.64. The Morgan fingerprint density at radius 3 is 2.54 bits per heavy atom. The van der Waals surface area contributed by atoms with Gasteiger partial charge in [0, 0.05) is 13.1 Å². The molecule has 2 atom stereocenters. The van der Waals surface area contributed by atoms with Gasteiger partial charge in [-0.2, -0.15) is 0 Å². The quantitative estimate of drug-likeness (QED) is 0.460. The fourth-order valence-electron chi connectivity index (χ4n) is 1.44. The van der Waals surface area contributed by atoms with E-state index < -0.39 is 18.5 Å². The van der Waals surface area contributed by atoms with E-state index in [9.17, 15) is 15.0 Å². The van der Waals surface area contributed by atoms with Crippen molar-refractivity contribution in [2.45, 2.75) is 19.4 Å². The van der Waals surface area contributed by atoms with Gasteiger partial charge in [0.15, 0.2) is 12.5 Å². The molecule has 0 aromatic heterocycles. The molecule has 1 fully saturated rings. The van der Waals surface area contributed by atoms with Crippen LogP contribution in [0.1, 0.15) is 6.92 Å². The largest absolute Gasteiger partial charge is 0.374 e. The van der Waals surface area contributed by atoms with Crippen molar-refractivity contribution < 1.29 is 15.0 Å². The van der Waals surface area contributed by atoms with E-state index >= 15 is 0 Å². The molecular formula is C7H15N3O3. The zero-order valence-corrected chi connectivity index (χ0v) is 7.55. The molecule has 1 aliphatic rings. The number of carbonyl (C=O) groups excluding carboxylic acids is 1. The van der Waals surface area contributed by atoms with Crippen molar-refractivity contribution in [1.29, 1.82) is 0 Å². The van der Waals surface area contributed by atoms with E-state index in [4.69, 9.17) is 5.73 Å². The maximum Gasteiger partial charge on any atom is 0.317 e. The predicted octanol–water partition coefficient (Wildman–Crippen LogP) is -1.66. The number of nitrogens with zero attached hydrogens (tertiary/aromatic N) is 2. The van der Waals surface area contributed by atoms with Crippen LogP contribution < -0.4 is 5.73 Å². The van der Waals surface area contributed by atoms with Gasteiger partial charge in [0.2, 0.25) is 0 Å². The molecule has 1 saturated heterocycles. The first kappa shape index (κ1) is 10.2. The van der Waals surface area contributed by atoms with Gasteiger partial charge in [-0.15, -0.1) is 0 Å². The molecule has 2 amide bonds. The molecular weight excluding hydrogens is 174 g/mol.